The van der Waals surface area contributed by atoms with Crippen LogP contribution in [0.15, 0.2) is 18.2 Å². The van der Waals surface area contributed by atoms with E-state index in [0.29, 0.717) is 17.7 Å². The summed E-state index contributed by atoms with van der Waals surface area (Å²) in [6.07, 6.45) is 0. The van der Waals surface area contributed by atoms with E-state index in [2.05, 4.69) is 0 Å². The molecule has 2 nitrogen and oxygen atoms in total. The van der Waals surface area contributed by atoms with Gasteiger partial charge in [-0.1, -0.05) is 0 Å². The first-order valence-corrected chi connectivity index (χ1v) is 3.67. The van der Waals surface area contributed by atoms with Crippen LogP contribution in [0.1, 0.15) is 15.9 Å². The zero-order chi connectivity index (χ0) is 8.55. The van der Waals surface area contributed by atoms with Crippen molar-refractivity contribution < 1.29 is 13.9 Å². The van der Waals surface area contributed by atoms with Crippen LogP contribution in [-0.2, 0) is 11.3 Å². The molecular formula is C9H7FO2. The summed E-state index contributed by atoms with van der Waals surface area (Å²) in [4.78, 5) is 11.1. The van der Waals surface area contributed by atoms with Crippen molar-refractivity contribution in [3.8, 4) is 0 Å². The number of rotatable bonds is 0. The van der Waals surface area contributed by atoms with Crippen LogP contribution in [0, 0.1) is 5.82 Å². The molecule has 1 aromatic rings. The molecule has 0 aliphatic carbocycles. The van der Waals surface area contributed by atoms with E-state index in [1.807, 2.05) is 0 Å². The summed E-state index contributed by atoms with van der Waals surface area (Å²) in [7, 11) is 0. The molecule has 62 valence electrons. The van der Waals surface area contributed by atoms with Gasteiger partial charge in [0.2, 0.25) is 0 Å². The molecule has 0 spiro atoms. The second-order valence-corrected chi connectivity index (χ2v) is 2.72. The minimum atomic E-state index is -0.327. The summed E-state index contributed by atoms with van der Waals surface area (Å²) in [5.74, 6) is -0.400. The maximum atomic E-state index is 12.7. The summed E-state index contributed by atoms with van der Waals surface area (Å²) >= 11 is 0. The third kappa shape index (κ3) is 1.12. The number of ether oxygens (including phenoxy) is 1. The molecule has 0 unspecified atom stereocenters. The Balaban J connectivity index is 2.53. The molecule has 3 heteroatoms. The average Bonchev–Trinajstić information content (AvgIpc) is 2.04. The number of hydrogen-bond donors (Lipinski definition) is 0. The van der Waals surface area contributed by atoms with Crippen LogP contribution in [-0.4, -0.2) is 12.4 Å². The van der Waals surface area contributed by atoms with Crippen molar-refractivity contribution in [1.29, 1.82) is 0 Å². The molecule has 0 atom stereocenters. The van der Waals surface area contributed by atoms with Gasteiger partial charge < -0.3 is 4.74 Å². The summed E-state index contributed by atoms with van der Waals surface area (Å²) < 4.78 is 17.6. The number of carbonyl (C=O) groups excluding carboxylic acids is 1. The van der Waals surface area contributed by atoms with Crippen molar-refractivity contribution in [1.82, 2.24) is 0 Å². The molecular weight excluding hydrogens is 159 g/mol. The van der Waals surface area contributed by atoms with E-state index < -0.39 is 0 Å². The van der Waals surface area contributed by atoms with Crippen molar-refractivity contribution in [2.75, 3.05) is 6.61 Å². The maximum absolute atomic E-state index is 12.7. The topological polar surface area (TPSA) is 26.3 Å². The van der Waals surface area contributed by atoms with Crippen molar-refractivity contribution in [3.05, 3.63) is 35.1 Å². The van der Waals surface area contributed by atoms with Gasteiger partial charge in [0.1, 0.15) is 12.4 Å². The zero-order valence-corrected chi connectivity index (χ0v) is 6.34. The molecule has 0 aromatic heterocycles. The number of Topliss-reactive ketones (excluding diaryl/α,β-unsaturated/α-hetero) is 1. The quantitative estimate of drug-likeness (QED) is 0.584. The number of benzene rings is 1. The van der Waals surface area contributed by atoms with Gasteiger partial charge in [0.15, 0.2) is 5.78 Å². The first-order chi connectivity index (χ1) is 5.77. The molecule has 0 saturated carbocycles. The monoisotopic (exact) mass is 166 g/mol. The van der Waals surface area contributed by atoms with Gasteiger partial charge in [0.25, 0.3) is 0 Å². The maximum Gasteiger partial charge on any atom is 0.188 e. The van der Waals surface area contributed by atoms with Crippen LogP contribution in [0.4, 0.5) is 4.39 Å². The van der Waals surface area contributed by atoms with Gasteiger partial charge >= 0.3 is 0 Å². The van der Waals surface area contributed by atoms with E-state index in [1.54, 1.807) is 0 Å². The highest BCUT2D eigenvalue weighted by atomic mass is 19.1. The van der Waals surface area contributed by atoms with Crippen molar-refractivity contribution >= 4 is 5.78 Å². The lowest BCUT2D eigenvalue weighted by atomic mass is 10.0. The van der Waals surface area contributed by atoms with Gasteiger partial charge in [0, 0.05) is 5.56 Å². The van der Waals surface area contributed by atoms with Crippen LogP contribution in [0.25, 0.3) is 0 Å². The fraction of sp³-hybridized carbons (Fsp3) is 0.222. The Morgan fingerprint density at radius 3 is 3.00 bits per heavy atom. The van der Waals surface area contributed by atoms with Crippen LogP contribution >= 0.6 is 0 Å². The molecule has 2 rings (SSSR count). The average molecular weight is 166 g/mol. The number of fused-ring (bicyclic) bond motifs is 1. The van der Waals surface area contributed by atoms with Crippen molar-refractivity contribution in [2.45, 2.75) is 6.61 Å². The number of ketones is 1. The second-order valence-electron chi connectivity index (χ2n) is 2.72. The highest BCUT2D eigenvalue weighted by Crippen LogP contribution is 2.17. The largest absolute Gasteiger partial charge is 0.369 e. The predicted octanol–water partition coefficient (Wildman–Crippen LogP) is 1.54. The van der Waals surface area contributed by atoms with E-state index in [0.717, 1.165) is 0 Å². The van der Waals surface area contributed by atoms with Crippen LogP contribution < -0.4 is 0 Å². The SMILES string of the molecule is O=C1COCc2cc(F)ccc21. The fourth-order valence-electron chi connectivity index (χ4n) is 1.29. The molecule has 0 saturated heterocycles. The minimum Gasteiger partial charge on any atom is -0.369 e. The molecule has 0 amide bonds. The normalized spacial score (nSPS) is 15.9. The van der Waals surface area contributed by atoms with Crippen LogP contribution in [0.5, 0.6) is 0 Å². The van der Waals surface area contributed by atoms with Crippen LogP contribution in [0.3, 0.4) is 0 Å². The highest BCUT2D eigenvalue weighted by molar-refractivity contribution is 5.99. The van der Waals surface area contributed by atoms with E-state index in [1.165, 1.54) is 18.2 Å². The molecule has 1 aliphatic rings. The van der Waals surface area contributed by atoms with Crippen molar-refractivity contribution in [2.24, 2.45) is 0 Å². The Morgan fingerprint density at radius 1 is 1.33 bits per heavy atom. The Morgan fingerprint density at radius 2 is 2.17 bits per heavy atom. The number of hydrogen-bond acceptors (Lipinski definition) is 2. The third-order valence-electron chi connectivity index (χ3n) is 1.86. The van der Waals surface area contributed by atoms with Crippen molar-refractivity contribution in [3.63, 3.8) is 0 Å². The van der Waals surface area contributed by atoms with Gasteiger partial charge in [0.05, 0.1) is 6.61 Å². The summed E-state index contributed by atoms with van der Waals surface area (Å²) in [6.45, 7) is 0.442. The van der Waals surface area contributed by atoms with Gasteiger partial charge in [-0.05, 0) is 23.8 Å². The van der Waals surface area contributed by atoms with Gasteiger partial charge in [-0.2, -0.15) is 0 Å². The molecule has 1 aliphatic heterocycles. The molecule has 0 bridgehead atoms. The molecule has 0 fully saturated rings. The third-order valence-corrected chi connectivity index (χ3v) is 1.86. The molecule has 1 heterocycles. The molecule has 1 aromatic carbocycles. The molecule has 0 radical (unpaired) electrons. The smallest absolute Gasteiger partial charge is 0.188 e. The fourth-order valence-corrected chi connectivity index (χ4v) is 1.29. The second kappa shape index (κ2) is 2.68. The van der Waals surface area contributed by atoms with E-state index in [-0.39, 0.29) is 18.2 Å². The Kier molecular flexibility index (Phi) is 1.66. The van der Waals surface area contributed by atoms with Gasteiger partial charge in [-0.25, -0.2) is 4.39 Å². The van der Waals surface area contributed by atoms with E-state index >= 15 is 0 Å². The lowest BCUT2D eigenvalue weighted by Crippen LogP contribution is -2.17. The Hall–Kier alpha value is -1.22. The summed E-state index contributed by atoms with van der Waals surface area (Å²) in [5.41, 5.74) is 1.23. The van der Waals surface area contributed by atoms with Gasteiger partial charge in [-0.15, -0.1) is 0 Å². The first kappa shape index (κ1) is 7.43. The number of halogens is 1. The highest BCUT2D eigenvalue weighted by Gasteiger charge is 2.17. The molecule has 12 heavy (non-hydrogen) atoms. The lowest BCUT2D eigenvalue weighted by Gasteiger charge is -2.14. The summed E-state index contributed by atoms with van der Waals surface area (Å²) in [6, 6.07) is 4.14. The number of carbonyl (C=O) groups is 1. The minimum absolute atomic E-state index is 0.0729. The van der Waals surface area contributed by atoms with E-state index in [4.69, 9.17) is 4.74 Å². The Bertz CT molecular complexity index is 333. The lowest BCUT2D eigenvalue weighted by molar-refractivity contribution is 0.0664. The first-order valence-electron chi connectivity index (χ1n) is 3.67. The summed E-state index contributed by atoms with van der Waals surface area (Å²) in [5, 5.41) is 0. The van der Waals surface area contributed by atoms with Crippen LogP contribution in [0.2, 0.25) is 0 Å². The van der Waals surface area contributed by atoms with E-state index in [9.17, 15) is 9.18 Å². The zero-order valence-electron chi connectivity index (χ0n) is 6.34. The van der Waals surface area contributed by atoms with Gasteiger partial charge in [-0.3, -0.25) is 4.79 Å². The Labute approximate surface area is 69.0 Å². The predicted molar refractivity (Wildman–Crippen MR) is 40.4 cm³/mol. The standard InChI is InChI=1S/C9H7FO2/c10-7-1-2-8-6(3-7)4-12-5-9(8)11/h1-3H,4-5H2. The molecule has 0 N–H and O–H groups in total.